The molecule has 2 aromatic carbocycles. The van der Waals surface area contributed by atoms with Gasteiger partial charge in [0.2, 0.25) is 5.91 Å². The molecule has 0 saturated carbocycles. The van der Waals surface area contributed by atoms with Crippen LogP contribution >= 0.6 is 0 Å². The van der Waals surface area contributed by atoms with E-state index in [9.17, 15) is 4.79 Å². The smallest absolute Gasteiger partial charge is 0.245 e. The van der Waals surface area contributed by atoms with Crippen LogP contribution in [0.25, 0.3) is 10.9 Å². The lowest BCUT2D eigenvalue weighted by molar-refractivity contribution is -0.117. The monoisotopic (exact) mass is 506 g/mol. The molecule has 11 nitrogen and oxygen atoms in total. The average molecular weight is 507 g/mol. The number of nitrogens with one attached hydrogen (secondary N) is 4. The van der Waals surface area contributed by atoms with E-state index in [-0.39, 0.29) is 12.5 Å². The summed E-state index contributed by atoms with van der Waals surface area (Å²) in [6, 6.07) is 11.1. The zero-order chi connectivity index (χ0) is 26.4. The van der Waals surface area contributed by atoms with Crippen molar-refractivity contribution in [2.24, 2.45) is 5.92 Å². The number of carbonyl (C=O) groups is 1. The van der Waals surface area contributed by atoms with Gasteiger partial charge in [0.1, 0.15) is 36.8 Å². The zero-order valence-corrected chi connectivity index (χ0v) is 21.8. The molecule has 0 fully saturated rings. The van der Waals surface area contributed by atoms with Gasteiger partial charge in [-0.2, -0.15) is 0 Å². The van der Waals surface area contributed by atoms with Gasteiger partial charge in [-0.3, -0.25) is 9.80 Å². The summed E-state index contributed by atoms with van der Waals surface area (Å²) in [6.07, 6.45) is 3.40. The third-order valence-corrected chi connectivity index (χ3v) is 5.71. The van der Waals surface area contributed by atoms with E-state index in [1.54, 1.807) is 12.1 Å². The third-order valence-electron chi connectivity index (χ3n) is 5.71. The fourth-order valence-corrected chi connectivity index (χ4v) is 3.69. The Labute approximate surface area is 216 Å². The highest BCUT2D eigenvalue weighted by Gasteiger charge is 2.17. The quantitative estimate of drug-likeness (QED) is 0.309. The molecule has 37 heavy (non-hydrogen) atoms. The summed E-state index contributed by atoms with van der Waals surface area (Å²) in [5.41, 5.74) is 9.28. The number of amides is 1. The molecule has 1 amide bonds. The van der Waals surface area contributed by atoms with Crippen molar-refractivity contribution in [3.63, 3.8) is 0 Å². The van der Waals surface area contributed by atoms with E-state index in [1.807, 2.05) is 56.7 Å². The van der Waals surface area contributed by atoms with Crippen LogP contribution in [-0.2, 0) is 4.79 Å². The van der Waals surface area contributed by atoms with Gasteiger partial charge < -0.3 is 30.4 Å². The molecule has 0 spiro atoms. The van der Waals surface area contributed by atoms with Gasteiger partial charge in [0.25, 0.3) is 0 Å². The molecular formula is C26H34N8O3. The van der Waals surface area contributed by atoms with Crippen molar-refractivity contribution in [2.75, 3.05) is 51.5 Å². The Morgan fingerprint density at radius 2 is 1.89 bits per heavy atom. The Morgan fingerprint density at radius 3 is 2.57 bits per heavy atom. The summed E-state index contributed by atoms with van der Waals surface area (Å²) in [5, 5.41) is 8.71. The van der Waals surface area contributed by atoms with E-state index in [4.69, 9.17) is 9.47 Å². The minimum absolute atomic E-state index is 0.133. The van der Waals surface area contributed by atoms with Crippen molar-refractivity contribution in [3.8, 4) is 11.5 Å². The van der Waals surface area contributed by atoms with Crippen LogP contribution < -0.4 is 31.1 Å². The molecule has 4 N–H and O–H groups in total. The number of ether oxygens (including phenoxy) is 2. The molecule has 3 aromatic rings. The number of fused-ring (bicyclic) bond motifs is 1. The van der Waals surface area contributed by atoms with Crippen LogP contribution in [0.2, 0.25) is 0 Å². The lowest BCUT2D eigenvalue weighted by atomic mass is 10.2. The Morgan fingerprint density at radius 1 is 1.14 bits per heavy atom. The van der Waals surface area contributed by atoms with Crippen molar-refractivity contribution in [2.45, 2.75) is 13.8 Å². The van der Waals surface area contributed by atoms with Gasteiger partial charge in [0, 0.05) is 41.9 Å². The summed E-state index contributed by atoms with van der Waals surface area (Å²) < 4.78 is 11.5. The number of nitrogens with zero attached hydrogens (tertiary/aromatic N) is 4. The summed E-state index contributed by atoms with van der Waals surface area (Å²) in [7, 11) is 5.61. The molecule has 0 saturated heterocycles. The Kier molecular flexibility index (Phi) is 8.26. The summed E-state index contributed by atoms with van der Waals surface area (Å²) in [4.78, 5) is 23.4. The third kappa shape index (κ3) is 6.78. The first-order chi connectivity index (χ1) is 17.8. The van der Waals surface area contributed by atoms with Crippen molar-refractivity contribution in [3.05, 3.63) is 54.6 Å². The normalized spacial score (nSPS) is 13.1. The Hall–Kier alpha value is -4.09. The second kappa shape index (κ2) is 11.8. The minimum atomic E-state index is -0.133. The van der Waals surface area contributed by atoms with Crippen LogP contribution in [0.3, 0.4) is 0 Å². The molecule has 1 aliphatic rings. The number of anilines is 3. The number of allylic oxidation sites excluding steroid dienone is 1. The molecule has 0 atom stereocenters. The van der Waals surface area contributed by atoms with Gasteiger partial charge in [-0.25, -0.2) is 9.97 Å². The van der Waals surface area contributed by atoms with Gasteiger partial charge in [0.05, 0.1) is 18.0 Å². The van der Waals surface area contributed by atoms with E-state index in [2.05, 4.69) is 50.3 Å². The average Bonchev–Trinajstić information content (AvgIpc) is 3.33. The molecule has 1 aromatic heterocycles. The molecule has 0 bridgehead atoms. The highest BCUT2D eigenvalue weighted by molar-refractivity contribution is 5.97. The number of rotatable bonds is 11. The largest absolute Gasteiger partial charge is 0.496 e. The molecule has 1 aliphatic heterocycles. The maximum absolute atomic E-state index is 12.5. The van der Waals surface area contributed by atoms with Crippen molar-refractivity contribution in [1.82, 2.24) is 30.8 Å². The molecular weight excluding hydrogens is 472 g/mol. The highest BCUT2D eigenvalue weighted by Crippen LogP contribution is 2.35. The minimum Gasteiger partial charge on any atom is -0.496 e. The predicted octanol–water partition coefficient (Wildman–Crippen LogP) is 3.08. The Bertz CT molecular complexity index is 1260. The molecule has 196 valence electrons. The van der Waals surface area contributed by atoms with Crippen LogP contribution in [0.5, 0.6) is 11.5 Å². The van der Waals surface area contributed by atoms with Crippen molar-refractivity contribution in [1.29, 1.82) is 0 Å². The maximum atomic E-state index is 12.5. The standard InChI is InChI=1S/C26H34N8O3/c1-17(2)22-14-34(32-31-22)15-24(35)29-18-6-8-19(9-7-18)30-26-25-21(27-16-28-26)12-20(13-23(25)36-5)37-11-10-33(3)4/h6-9,12-14,16-17,31-32H,10-11,15H2,1-5H3,(H,29,35)(H,27,28,30). The van der Waals surface area contributed by atoms with E-state index in [1.165, 1.54) is 6.33 Å². The van der Waals surface area contributed by atoms with Crippen LogP contribution in [0.1, 0.15) is 13.8 Å². The lowest BCUT2D eigenvalue weighted by Gasteiger charge is -2.16. The molecule has 0 radical (unpaired) electrons. The summed E-state index contributed by atoms with van der Waals surface area (Å²) >= 11 is 0. The van der Waals surface area contributed by atoms with Gasteiger partial charge in [-0.1, -0.05) is 13.8 Å². The number of aromatic nitrogens is 2. The van der Waals surface area contributed by atoms with E-state index in [0.29, 0.717) is 41.0 Å². The maximum Gasteiger partial charge on any atom is 0.245 e. The second-order valence-corrected chi connectivity index (χ2v) is 9.25. The van der Waals surface area contributed by atoms with Crippen molar-refractivity contribution >= 4 is 34.0 Å². The fraction of sp³-hybridized carbons (Fsp3) is 0.346. The number of carbonyl (C=O) groups excluding carboxylic acids is 1. The van der Waals surface area contributed by atoms with Crippen LogP contribution in [-0.4, -0.2) is 66.7 Å². The highest BCUT2D eigenvalue weighted by atomic mass is 16.5. The first-order valence-corrected chi connectivity index (χ1v) is 12.1. The number of hydrogen-bond donors (Lipinski definition) is 4. The Balaban J connectivity index is 1.42. The molecule has 2 heterocycles. The summed E-state index contributed by atoms with van der Waals surface area (Å²) in [6.45, 7) is 5.70. The SMILES string of the molecule is COc1cc(OCCN(C)C)cc2ncnc(Nc3ccc(NC(=O)CN4C=C(C(C)C)NN4)cc3)c12. The molecule has 4 rings (SSSR count). The zero-order valence-electron chi connectivity index (χ0n) is 21.8. The molecule has 0 aliphatic carbocycles. The van der Waals surface area contributed by atoms with Crippen LogP contribution in [0, 0.1) is 5.92 Å². The van der Waals surface area contributed by atoms with E-state index in [0.717, 1.165) is 23.3 Å². The molecule has 11 heteroatoms. The first kappa shape index (κ1) is 26.0. The fourth-order valence-electron chi connectivity index (χ4n) is 3.69. The number of likely N-dealkylation sites (N-methyl/N-ethyl adjacent to an activating group) is 1. The van der Waals surface area contributed by atoms with Gasteiger partial charge in [-0.15, -0.1) is 5.53 Å². The van der Waals surface area contributed by atoms with Gasteiger partial charge in [-0.05, 0) is 44.3 Å². The summed E-state index contributed by atoms with van der Waals surface area (Å²) in [5.74, 6) is 2.12. The van der Waals surface area contributed by atoms with E-state index < -0.39 is 0 Å². The van der Waals surface area contributed by atoms with Crippen LogP contribution in [0.4, 0.5) is 17.2 Å². The predicted molar refractivity (Wildman–Crippen MR) is 144 cm³/mol. The van der Waals surface area contributed by atoms with Gasteiger partial charge in [0.15, 0.2) is 0 Å². The second-order valence-electron chi connectivity index (χ2n) is 9.25. The number of hydrazine groups is 2. The number of methoxy groups -OCH3 is 1. The van der Waals surface area contributed by atoms with Gasteiger partial charge >= 0.3 is 0 Å². The van der Waals surface area contributed by atoms with Crippen LogP contribution in [0.15, 0.2) is 54.6 Å². The van der Waals surface area contributed by atoms with E-state index >= 15 is 0 Å². The number of hydrogen-bond acceptors (Lipinski definition) is 10. The van der Waals surface area contributed by atoms with Crippen molar-refractivity contribution < 1.29 is 14.3 Å². The topological polar surface area (TPSA) is 116 Å². The number of benzene rings is 2. The lowest BCUT2D eigenvalue weighted by Crippen LogP contribution is -2.41. The first-order valence-electron chi connectivity index (χ1n) is 12.1. The molecule has 0 unspecified atom stereocenters.